The van der Waals surface area contributed by atoms with Gasteiger partial charge in [-0.2, -0.15) is 0 Å². The molecule has 1 fully saturated rings. The van der Waals surface area contributed by atoms with Gasteiger partial charge in [-0.25, -0.2) is 4.79 Å². The molecule has 2 aliphatic rings. The van der Waals surface area contributed by atoms with Crippen molar-refractivity contribution in [3.63, 3.8) is 0 Å². The Hall–Kier alpha value is -2.12. The van der Waals surface area contributed by atoms with Gasteiger partial charge in [-0.3, -0.25) is 0 Å². The average Bonchev–Trinajstić information content (AvgIpc) is 3.23. The molecule has 3 heterocycles. The second-order valence-electron chi connectivity index (χ2n) is 7.50. The zero-order valence-electron chi connectivity index (χ0n) is 15.8. The van der Waals surface area contributed by atoms with Crippen LogP contribution in [0.5, 0.6) is 0 Å². The fourth-order valence-corrected chi connectivity index (χ4v) is 4.10. The topological polar surface area (TPSA) is 66.3 Å². The highest BCUT2D eigenvalue weighted by Crippen LogP contribution is 2.28. The summed E-state index contributed by atoms with van der Waals surface area (Å²) in [6.07, 6.45) is 1.84. The van der Waals surface area contributed by atoms with Crippen LogP contribution in [0.4, 0.5) is 10.5 Å². The van der Waals surface area contributed by atoms with E-state index in [1.807, 2.05) is 24.0 Å². The number of nitrogens with zero attached hydrogens (tertiary/aromatic N) is 5. The van der Waals surface area contributed by atoms with Gasteiger partial charge in [0.25, 0.3) is 0 Å². The minimum Gasteiger partial charge on any atom is -0.324 e. The second kappa shape index (κ2) is 7.48. The largest absolute Gasteiger partial charge is 0.324 e. The van der Waals surface area contributed by atoms with E-state index in [1.165, 1.54) is 0 Å². The lowest BCUT2D eigenvalue weighted by atomic mass is 10.1. The predicted octanol–water partition coefficient (Wildman–Crippen LogP) is 2.75. The number of carbonyl (C=O) groups is 1. The average molecular weight is 389 g/mol. The van der Waals surface area contributed by atoms with Crippen molar-refractivity contribution in [2.75, 3.05) is 38.5 Å². The number of hydrogen-bond acceptors (Lipinski definition) is 4. The number of benzene rings is 1. The highest BCUT2D eigenvalue weighted by Gasteiger charge is 2.32. The summed E-state index contributed by atoms with van der Waals surface area (Å²) in [5.74, 6) is 2.33. The third-order valence-electron chi connectivity index (χ3n) is 5.55. The third-order valence-corrected chi connectivity index (χ3v) is 5.78. The van der Waals surface area contributed by atoms with E-state index < -0.39 is 0 Å². The standard InChI is InChI=1S/C19H25ClN6O/c1-13-11-15(20)3-4-16(13)21-19(27)25-8-5-14(12-25)18-23-22-17-6-7-24(2)9-10-26(17)18/h3-4,11,14H,5-10,12H2,1-2H3,(H,21,27). The quantitative estimate of drug-likeness (QED) is 0.859. The van der Waals surface area contributed by atoms with E-state index >= 15 is 0 Å². The molecule has 2 aliphatic heterocycles. The molecule has 0 radical (unpaired) electrons. The molecule has 1 aromatic heterocycles. The van der Waals surface area contributed by atoms with Crippen LogP contribution in [0.3, 0.4) is 0 Å². The summed E-state index contributed by atoms with van der Waals surface area (Å²) in [4.78, 5) is 16.9. The van der Waals surface area contributed by atoms with Gasteiger partial charge < -0.3 is 19.7 Å². The van der Waals surface area contributed by atoms with Crippen molar-refractivity contribution >= 4 is 23.3 Å². The third kappa shape index (κ3) is 3.80. The maximum Gasteiger partial charge on any atom is 0.321 e. The number of anilines is 1. The van der Waals surface area contributed by atoms with Crippen molar-refractivity contribution < 1.29 is 4.79 Å². The Balaban J connectivity index is 1.43. The monoisotopic (exact) mass is 388 g/mol. The van der Waals surface area contributed by atoms with Crippen LogP contribution in [0.2, 0.25) is 5.02 Å². The van der Waals surface area contributed by atoms with Crippen molar-refractivity contribution in [3.8, 4) is 0 Å². The summed E-state index contributed by atoms with van der Waals surface area (Å²) >= 11 is 5.99. The fourth-order valence-electron chi connectivity index (χ4n) is 3.87. The minimum atomic E-state index is -0.0711. The first kappa shape index (κ1) is 18.3. The summed E-state index contributed by atoms with van der Waals surface area (Å²) in [5.41, 5.74) is 1.76. The Morgan fingerprint density at radius 3 is 2.89 bits per heavy atom. The number of urea groups is 1. The molecule has 8 heteroatoms. The van der Waals surface area contributed by atoms with Gasteiger partial charge in [0.2, 0.25) is 0 Å². The number of aromatic nitrogens is 3. The normalized spacial score (nSPS) is 20.4. The number of hydrogen-bond donors (Lipinski definition) is 1. The van der Waals surface area contributed by atoms with Gasteiger partial charge >= 0.3 is 6.03 Å². The molecule has 0 spiro atoms. The molecule has 1 N–H and O–H groups in total. The van der Waals surface area contributed by atoms with Crippen LogP contribution in [-0.4, -0.2) is 63.8 Å². The molecule has 27 heavy (non-hydrogen) atoms. The van der Waals surface area contributed by atoms with E-state index in [2.05, 4.69) is 32.0 Å². The van der Waals surface area contributed by atoms with E-state index in [4.69, 9.17) is 11.6 Å². The zero-order valence-corrected chi connectivity index (χ0v) is 16.5. The van der Waals surface area contributed by atoms with Crippen molar-refractivity contribution in [1.82, 2.24) is 24.6 Å². The molecule has 2 aromatic rings. The molecular weight excluding hydrogens is 364 g/mol. The van der Waals surface area contributed by atoms with Crippen LogP contribution >= 0.6 is 11.6 Å². The first-order valence-corrected chi connectivity index (χ1v) is 9.81. The molecule has 1 atom stereocenters. The summed E-state index contributed by atoms with van der Waals surface area (Å²) < 4.78 is 2.26. The summed E-state index contributed by atoms with van der Waals surface area (Å²) in [6, 6.07) is 5.42. The van der Waals surface area contributed by atoms with Crippen LogP contribution < -0.4 is 5.32 Å². The van der Waals surface area contributed by atoms with Gasteiger partial charge in [-0.1, -0.05) is 11.6 Å². The van der Waals surface area contributed by atoms with Gasteiger partial charge in [0.05, 0.1) is 0 Å². The number of nitrogens with one attached hydrogen (secondary N) is 1. The molecule has 1 saturated heterocycles. The maximum atomic E-state index is 12.7. The number of aryl methyl sites for hydroxylation is 1. The number of carbonyl (C=O) groups excluding carboxylic acids is 1. The Morgan fingerprint density at radius 2 is 2.07 bits per heavy atom. The van der Waals surface area contributed by atoms with Crippen molar-refractivity contribution in [2.24, 2.45) is 0 Å². The number of amides is 2. The molecule has 0 saturated carbocycles. The van der Waals surface area contributed by atoms with Crippen LogP contribution in [0.1, 0.15) is 29.6 Å². The van der Waals surface area contributed by atoms with Gasteiger partial charge in [0, 0.05) is 55.8 Å². The molecule has 1 aromatic carbocycles. The number of likely N-dealkylation sites (tertiary alicyclic amines) is 1. The van der Waals surface area contributed by atoms with Crippen LogP contribution in [0.25, 0.3) is 0 Å². The molecule has 1 unspecified atom stereocenters. The number of likely N-dealkylation sites (N-methyl/N-ethyl adjacent to an activating group) is 1. The lowest BCUT2D eigenvalue weighted by molar-refractivity contribution is 0.222. The van der Waals surface area contributed by atoms with Gasteiger partial charge in [0.1, 0.15) is 11.6 Å². The van der Waals surface area contributed by atoms with Crippen molar-refractivity contribution in [2.45, 2.75) is 32.2 Å². The predicted molar refractivity (Wildman–Crippen MR) is 105 cm³/mol. The van der Waals surface area contributed by atoms with E-state index in [-0.39, 0.29) is 11.9 Å². The summed E-state index contributed by atoms with van der Waals surface area (Å²) in [6.45, 7) is 6.28. The van der Waals surface area contributed by atoms with E-state index in [0.717, 1.165) is 61.9 Å². The summed E-state index contributed by atoms with van der Waals surface area (Å²) in [5, 5.41) is 12.6. The molecule has 0 bridgehead atoms. The highest BCUT2D eigenvalue weighted by molar-refractivity contribution is 6.30. The Labute approximate surface area is 164 Å². The van der Waals surface area contributed by atoms with E-state index in [1.54, 1.807) is 6.07 Å². The number of rotatable bonds is 2. The maximum absolute atomic E-state index is 12.7. The lowest BCUT2D eigenvalue weighted by Gasteiger charge is -2.19. The fraction of sp³-hybridized carbons (Fsp3) is 0.526. The molecule has 7 nitrogen and oxygen atoms in total. The SMILES string of the molecule is Cc1cc(Cl)ccc1NC(=O)N1CCC(c2nnc3n2CCN(C)CC3)C1. The second-order valence-corrected chi connectivity index (χ2v) is 7.94. The molecule has 2 amide bonds. The Kier molecular flexibility index (Phi) is 5.06. The number of halogens is 1. The van der Waals surface area contributed by atoms with Gasteiger partial charge in [-0.15, -0.1) is 10.2 Å². The molecule has 144 valence electrons. The molecular formula is C19H25ClN6O. The highest BCUT2D eigenvalue weighted by atomic mass is 35.5. The number of fused-ring (bicyclic) bond motifs is 1. The summed E-state index contributed by atoms with van der Waals surface area (Å²) in [7, 11) is 2.14. The van der Waals surface area contributed by atoms with Crippen LogP contribution in [-0.2, 0) is 13.0 Å². The van der Waals surface area contributed by atoms with Crippen LogP contribution in [0, 0.1) is 6.92 Å². The van der Waals surface area contributed by atoms with Crippen molar-refractivity contribution in [1.29, 1.82) is 0 Å². The minimum absolute atomic E-state index is 0.0711. The smallest absolute Gasteiger partial charge is 0.321 e. The van der Waals surface area contributed by atoms with Crippen molar-refractivity contribution in [3.05, 3.63) is 40.4 Å². The van der Waals surface area contributed by atoms with Gasteiger partial charge in [-0.05, 0) is 44.2 Å². The van der Waals surface area contributed by atoms with Gasteiger partial charge in [0.15, 0.2) is 0 Å². The Bertz CT molecular complexity index is 851. The Morgan fingerprint density at radius 1 is 1.22 bits per heavy atom. The first-order valence-electron chi connectivity index (χ1n) is 9.44. The molecule has 0 aliphatic carbocycles. The zero-order chi connectivity index (χ0) is 19.0. The van der Waals surface area contributed by atoms with E-state index in [9.17, 15) is 4.79 Å². The van der Waals surface area contributed by atoms with E-state index in [0.29, 0.717) is 11.6 Å². The lowest BCUT2D eigenvalue weighted by Crippen LogP contribution is -2.33. The first-order chi connectivity index (χ1) is 13.0. The molecule has 4 rings (SSSR count). The van der Waals surface area contributed by atoms with Crippen LogP contribution in [0.15, 0.2) is 18.2 Å².